The van der Waals surface area contributed by atoms with Gasteiger partial charge < -0.3 is 10.6 Å². The largest absolute Gasteiger partial charge is 0.369 e. The minimum atomic E-state index is -2.80. The van der Waals surface area contributed by atoms with E-state index >= 15 is 0 Å². The van der Waals surface area contributed by atoms with Gasteiger partial charge in [-0.1, -0.05) is 0 Å². The first-order valence-corrected chi connectivity index (χ1v) is 5.87. The van der Waals surface area contributed by atoms with E-state index in [1.165, 1.54) is 24.1 Å². The van der Waals surface area contributed by atoms with Crippen molar-refractivity contribution in [2.75, 3.05) is 6.54 Å². The summed E-state index contributed by atoms with van der Waals surface area (Å²) >= 11 is 0. The van der Waals surface area contributed by atoms with Crippen molar-refractivity contribution in [2.45, 2.75) is 25.3 Å². The molecule has 1 aromatic rings. The number of hydrogen-bond acceptors (Lipinski definition) is 5. The minimum Gasteiger partial charge on any atom is -0.369 e. The molecule has 1 aromatic heterocycles. The van der Waals surface area contributed by atoms with Crippen LogP contribution in [0.1, 0.15) is 35.4 Å². The summed E-state index contributed by atoms with van der Waals surface area (Å²) in [6.45, 7) is 0.945. The third-order valence-corrected chi connectivity index (χ3v) is 3.43. The van der Waals surface area contributed by atoms with Crippen LogP contribution in [0.25, 0.3) is 0 Å². The van der Waals surface area contributed by atoms with Gasteiger partial charge in [-0.25, -0.2) is 13.8 Å². The number of aromatic nitrogens is 1. The van der Waals surface area contributed by atoms with Gasteiger partial charge >= 0.3 is 0 Å². The fourth-order valence-electron chi connectivity index (χ4n) is 2.54. The first kappa shape index (κ1) is 12.0. The number of carbonyl (C=O) groups is 1. The zero-order valence-electron chi connectivity index (χ0n) is 10.2. The molecular weight excluding hydrogens is 254 g/mol. The summed E-state index contributed by atoms with van der Waals surface area (Å²) in [4.78, 5) is 20.7. The zero-order chi connectivity index (χ0) is 13.8. The number of hydrogen-bond donors (Lipinski definition) is 1. The summed E-state index contributed by atoms with van der Waals surface area (Å²) in [6.07, 6.45) is 1.09. The monoisotopic (exact) mass is 266 g/mol. The van der Waals surface area contributed by atoms with Crippen molar-refractivity contribution in [1.82, 2.24) is 9.88 Å². The number of rotatable bonds is 1. The number of aliphatic imine (C=N–C) groups is 1. The highest BCUT2D eigenvalue weighted by atomic mass is 19.3. The smallest absolute Gasteiger partial charge is 0.267 e. The molecule has 0 radical (unpaired) electrons. The van der Waals surface area contributed by atoms with E-state index in [1.807, 2.05) is 0 Å². The van der Waals surface area contributed by atoms with Crippen molar-refractivity contribution in [1.29, 1.82) is 0 Å². The van der Waals surface area contributed by atoms with E-state index in [2.05, 4.69) is 9.98 Å². The average Bonchev–Trinajstić information content (AvgIpc) is 2.65. The molecule has 19 heavy (non-hydrogen) atoms. The maximum absolute atomic E-state index is 13.5. The number of alkyl halides is 2. The molecule has 7 heteroatoms. The van der Waals surface area contributed by atoms with Crippen molar-refractivity contribution in [2.24, 2.45) is 10.7 Å². The van der Waals surface area contributed by atoms with Crippen LogP contribution < -0.4 is 5.73 Å². The highest BCUT2D eigenvalue weighted by Gasteiger charge is 2.48. The zero-order valence-corrected chi connectivity index (χ0v) is 10.2. The molecule has 2 aliphatic heterocycles. The normalized spacial score (nSPS) is 23.6. The molecule has 0 saturated carbocycles. The summed E-state index contributed by atoms with van der Waals surface area (Å²) in [5.41, 5.74) is 7.00. The lowest BCUT2D eigenvalue weighted by Crippen LogP contribution is -2.40. The van der Waals surface area contributed by atoms with E-state index in [4.69, 9.17) is 5.73 Å². The molecule has 1 saturated heterocycles. The Morgan fingerprint density at radius 3 is 3.00 bits per heavy atom. The SMILES string of the molecule is CC(=O)c1cc2c(cn1)N=C(N)N1CC(F)(F)CC21. The molecule has 0 amide bonds. The Balaban J connectivity index is 2.11. The second kappa shape index (κ2) is 3.72. The molecule has 2 aliphatic rings. The number of carbonyl (C=O) groups excluding carboxylic acids is 1. The van der Waals surface area contributed by atoms with Crippen molar-refractivity contribution in [3.8, 4) is 0 Å². The molecule has 3 rings (SSSR count). The number of halogens is 2. The quantitative estimate of drug-likeness (QED) is 0.784. The maximum Gasteiger partial charge on any atom is 0.267 e. The van der Waals surface area contributed by atoms with E-state index < -0.39 is 18.5 Å². The number of nitrogens with zero attached hydrogens (tertiary/aromatic N) is 3. The topological polar surface area (TPSA) is 71.6 Å². The minimum absolute atomic E-state index is 0.0760. The van der Waals surface area contributed by atoms with Crippen molar-refractivity contribution in [3.05, 3.63) is 23.5 Å². The number of pyridine rings is 1. The van der Waals surface area contributed by atoms with Gasteiger partial charge in [0.15, 0.2) is 11.7 Å². The molecule has 0 aromatic carbocycles. The van der Waals surface area contributed by atoms with Crippen LogP contribution in [-0.4, -0.2) is 34.1 Å². The van der Waals surface area contributed by atoms with Crippen LogP contribution in [0.15, 0.2) is 17.3 Å². The molecule has 1 unspecified atom stereocenters. The van der Waals surface area contributed by atoms with Crippen molar-refractivity contribution < 1.29 is 13.6 Å². The summed E-state index contributed by atoms with van der Waals surface area (Å²) in [7, 11) is 0. The summed E-state index contributed by atoms with van der Waals surface area (Å²) in [5, 5.41) is 0. The van der Waals surface area contributed by atoms with Crippen LogP contribution in [0.4, 0.5) is 14.5 Å². The van der Waals surface area contributed by atoms with Crippen LogP contribution in [0.2, 0.25) is 0 Å². The summed E-state index contributed by atoms with van der Waals surface area (Å²) in [5.74, 6) is -2.93. The van der Waals surface area contributed by atoms with Crippen LogP contribution in [0, 0.1) is 0 Å². The van der Waals surface area contributed by atoms with Gasteiger partial charge in [-0.05, 0) is 6.07 Å². The maximum atomic E-state index is 13.5. The molecule has 0 bridgehead atoms. The van der Waals surface area contributed by atoms with Crippen LogP contribution in [0.3, 0.4) is 0 Å². The van der Waals surface area contributed by atoms with Gasteiger partial charge in [0.1, 0.15) is 5.69 Å². The second-order valence-electron chi connectivity index (χ2n) is 4.86. The number of ketones is 1. The third kappa shape index (κ3) is 1.85. The molecule has 1 fully saturated rings. The van der Waals surface area contributed by atoms with E-state index in [0.717, 1.165) is 0 Å². The highest BCUT2D eigenvalue weighted by Crippen LogP contribution is 2.45. The number of guanidine groups is 1. The molecule has 1 atom stereocenters. The standard InChI is InChI=1S/C12H12F2N4O/c1-6(19)8-2-7-9(4-16-8)17-11(15)18-5-12(13,14)3-10(7)18/h2,4,10H,3,5H2,1H3,(H2,15,17). The Hall–Kier alpha value is -2.05. The number of nitrogens with two attached hydrogens (primary N) is 1. The average molecular weight is 266 g/mol. The van der Waals surface area contributed by atoms with Gasteiger partial charge in [-0.3, -0.25) is 9.78 Å². The molecule has 5 nitrogen and oxygen atoms in total. The van der Waals surface area contributed by atoms with Gasteiger partial charge in [0.05, 0.1) is 24.5 Å². The van der Waals surface area contributed by atoms with Gasteiger partial charge in [0.2, 0.25) is 0 Å². The van der Waals surface area contributed by atoms with E-state index in [1.54, 1.807) is 0 Å². The second-order valence-corrected chi connectivity index (χ2v) is 4.86. The van der Waals surface area contributed by atoms with Gasteiger partial charge in [0.25, 0.3) is 5.92 Å². The molecule has 2 N–H and O–H groups in total. The van der Waals surface area contributed by atoms with Gasteiger partial charge in [-0.15, -0.1) is 0 Å². The molecule has 100 valence electrons. The van der Waals surface area contributed by atoms with Crippen LogP contribution >= 0.6 is 0 Å². The van der Waals surface area contributed by atoms with E-state index in [0.29, 0.717) is 11.3 Å². The summed E-state index contributed by atoms with van der Waals surface area (Å²) < 4.78 is 27.1. The number of fused-ring (bicyclic) bond motifs is 3. The van der Waals surface area contributed by atoms with E-state index in [9.17, 15) is 13.6 Å². The Morgan fingerprint density at radius 1 is 1.58 bits per heavy atom. The molecular formula is C12H12F2N4O. The predicted octanol–water partition coefficient (Wildman–Crippen LogP) is 1.63. The highest BCUT2D eigenvalue weighted by molar-refractivity contribution is 5.93. The molecule has 0 aliphatic carbocycles. The summed E-state index contributed by atoms with van der Waals surface area (Å²) in [6, 6.07) is 0.996. The number of Topliss-reactive ketones (excluding diaryl/α,β-unsaturated/α-hetero) is 1. The predicted molar refractivity (Wildman–Crippen MR) is 64.5 cm³/mol. The first-order chi connectivity index (χ1) is 8.87. The lowest BCUT2D eigenvalue weighted by atomic mass is 10.0. The molecule has 0 spiro atoms. The Labute approximate surface area is 108 Å². The Kier molecular flexibility index (Phi) is 2.35. The van der Waals surface area contributed by atoms with Crippen LogP contribution in [0.5, 0.6) is 0 Å². The van der Waals surface area contributed by atoms with Gasteiger partial charge in [-0.2, -0.15) is 0 Å². The van der Waals surface area contributed by atoms with Gasteiger partial charge in [0, 0.05) is 18.9 Å². The third-order valence-electron chi connectivity index (χ3n) is 3.43. The first-order valence-electron chi connectivity index (χ1n) is 5.87. The fraction of sp³-hybridized carbons (Fsp3) is 0.417. The fourth-order valence-corrected chi connectivity index (χ4v) is 2.54. The van der Waals surface area contributed by atoms with Crippen LogP contribution in [-0.2, 0) is 0 Å². The lowest BCUT2D eigenvalue weighted by molar-refractivity contribution is 0.0165. The Morgan fingerprint density at radius 2 is 2.32 bits per heavy atom. The lowest BCUT2D eigenvalue weighted by Gasteiger charge is -2.29. The Bertz CT molecular complexity index is 599. The van der Waals surface area contributed by atoms with Crippen molar-refractivity contribution in [3.63, 3.8) is 0 Å². The van der Waals surface area contributed by atoms with E-state index in [-0.39, 0.29) is 23.9 Å². The van der Waals surface area contributed by atoms with Crippen molar-refractivity contribution >= 4 is 17.4 Å². The molecule has 3 heterocycles.